The Labute approximate surface area is 128 Å². The highest BCUT2D eigenvalue weighted by atomic mass is 79.9. The van der Waals surface area contributed by atoms with E-state index in [1.807, 2.05) is 24.3 Å². The molecule has 100 valence electrons. The Bertz CT molecular complexity index is 773. The van der Waals surface area contributed by atoms with Crippen LogP contribution in [0.5, 0.6) is 5.75 Å². The summed E-state index contributed by atoms with van der Waals surface area (Å²) in [5, 5.41) is 13.6. The normalized spacial score (nSPS) is 10.7. The van der Waals surface area contributed by atoms with Crippen LogP contribution >= 0.6 is 27.5 Å². The van der Waals surface area contributed by atoms with E-state index >= 15 is 0 Å². The topological polar surface area (TPSA) is 59.2 Å². The van der Waals surface area contributed by atoms with E-state index in [0.717, 1.165) is 10.0 Å². The minimum Gasteiger partial charge on any atom is -0.506 e. The molecule has 0 atom stereocenters. The molecule has 0 saturated carbocycles. The lowest BCUT2D eigenvalue weighted by molar-refractivity contribution is 0.432. The zero-order valence-corrected chi connectivity index (χ0v) is 12.4. The van der Waals surface area contributed by atoms with Crippen molar-refractivity contribution in [3.05, 3.63) is 52.0 Å². The van der Waals surface area contributed by atoms with E-state index in [1.165, 1.54) is 6.07 Å². The van der Waals surface area contributed by atoms with E-state index in [0.29, 0.717) is 17.3 Å². The third kappa shape index (κ3) is 2.55. The van der Waals surface area contributed by atoms with E-state index < -0.39 is 0 Å². The molecule has 3 rings (SSSR count). The summed E-state index contributed by atoms with van der Waals surface area (Å²) in [4.78, 5) is 4.32. The minimum atomic E-state index is 0.0159. The van der Waals surface area contributed by atoms with Crippen LogP contribution in [0.4, 0.5) is 0 Å². The number of nitrogens with zero attached hydrogens (tertiary/aromatic N) is 2. The predicted molar refractivity (Wildman–Crippen MR) is 79.5 cm³/mol. The molecule has 0 unspecified atom stereocenters. The summed E-state index contributed by atoms with van der Waals surface area (Å²) in [5.74, 6) is 0.856. The number of aromatic hydroxyl groups is 1. The van der Waals surface area contributed by atoms with Gasteiger partial charge in [-0.2, -0.15) is 4.98 Å². The largest absolute Gasteiger partial charge is 0.506 e. The molecule has 1 N–H and O–H groups in total. The van der Waals surface area contributed by atoms with Crippen LogP contribution in [0.15, 0.2) is 51.5 Å². The highest BCUT2D eigenvalue weighted by Gasteiger charge is 2.12. The van der Waals surface area contributed by atoms with Crippen molar-refractivity contribution >= 4 is 27.5 Å². The monoisotopic (exact) mass is 350 g/mol. The molecule has 1 aromatic heterocycles. The lowest BCUT2D eigenvalue weighted by Gasteiger charge is -1.97. The molecule has 4 nitrogen and oxygen atoms in total. The smallest absolute Gasteiger partial charge is 0.258 e. The number of halogens is 2. The average molecular weight is 352 g/mol. The highest BCUT2D eigenvalue weighted by Crippen LogP contribution is 2.30. The molecule has 3 aromatic rings. The van der Waals surface area contributed by atoms with Crippen molar-refractivity contribution in [3.8, 4) is 28.6 Å². The van der Waals surface area contributed by atoms with Crippen LogP contribution in [0, 0.1) is 0 Å². The summed E-state index contributed by atoms with van der Waals surface area (Å²) in [6.07, 6.45) is 0. The van der Waals surface area contributed by atoms with Crippen molar-refractivity contribution in [3.63, 3.8) is 0 Å². The molecular formula is C14H8BrClN2O2. The number of benzene rings is 2. The summed E-state index contributed by atoms with van der Waals surface area (Å²) in [5.41, 5.74) is 1.50. The van der Waals surface area contributed by atoms with Crippen LogP contribution in [-0.2, 0) is 0 Å². The molecule has 0 aliphatic rings. The van der Waals surface area contributed by atoms with E-state index in [4.69, 9.17) is 16.1 Å². The van der Waals surface area contributed by atoms with Crippen LogP contribution in [-0.4, -0.2) is 15.2 Å². The van der Waals surface area contributed by atoms with Gasteiger partial charge in [-0.1, -0.05) is 44.8 Å². The molecule has 0 aliphatic carbocycles. The number of aromatic nitrogens is 2. The fraction of sp³-hybridized carbons (Fsp3) is 0. The van der Waals surface area contributed by atoms with Gasteiger partial charge in [0.25, 0.3) is 5.89 Å². The third-order valence-corrected chi connectivity index (χ3v) is 3.50. The number of hydrogen-bond acceptors (Lipinski definition) is 4. The van der Waals surface area contributed by atoms with Crippen molar-refractivity contribution in [2.45, 2.75) is 0 Å². The van der Waals surface area contributed by atoms with Gasteiger partial charge in [-0.3, -0.25) is 0 Å². The van der Waals surface area contributed by atoms with Gasteiger partial charge < -0.3 is 9.63 Å². The number of phenolic OH excluding ortho intramolecular Hbond substituents is 1. The van der Waals surface area contributed by atoms with E-state index in [2.05, 4.69) is 26.1 Å². The zero-order valence-electron chi connectivity index (χ0n) is 10.0. The molecule has 0 amide bonds. The Balaban J connectivity index is 1.99. The second-order valence-corrected chi connectivity index (χ2v) is 5.42. The number of phenols is 1. The number of hydrogen-bond donors (Lipinski definition) is 1. The third-order valence-electron chi connectivity index (χ3n) is 2.70. The molecule has 1 heterocycles. The summed E-state index contributed by atoms with van der Waals surface area (Å²) in [7, 11) is 0. The fourth-order valence-electron chi connectivity index (χ4n) is 1.73. The van der Waals surface area contributed by atoms with Crippen molar-refractivity contribution in [2.75, 3.05) is 0 Å². The first-order valence-electron chi connectivity index (χ1n) is 5.72. The van der Waals surface area contributed by atoms with E-state index in [1.54, 1.807) is 12.1 Å². The van der Waals surface area contributed by atoms with Gasteiger partial charge in [0.2, 0.25) is 5.82 Å². The number of rotatable bonds is 2. The molecule has 20 heavy (non-hydrogen) atoms. The van der Waals surface area contributed by atoms with Crippen LogP contribution < -0.4 is 0 Å². The minimum absolute atomic E-state index is 0.0159. The van der Waals surface area contributed by atoms with Gasteiger partial charge in [0.05, 0.1) is 5.02 Å². The molecule has 0 aliphatic heterocycles. The van der Waals surface area contributed by atoms with Gasteiger partial charge in [-0.05, 0) is 30.3 Å². The molecule has 6 heteroatoms. The highest BCUT2D eigenvalue weighted by molar-refractivity contribution is 9.10. The van der Waals surface area contributed by atoms with E-state index in [9.17, 15) is 5.11 Å². The average Bonchev–Trinajstić information content (AvgIpc) is 2.92. The van der Waals surface area contributed by atoms with Gasteiger partial charge in [-0.25, -0.2) is 0 Å². The Kier molecular flexibility index (Phi) is 3.46. The Morgan fingerprint density at radius 2 is 1.95 bits per heavy atom. The van der Waals surface area contributed by atoms with Gasteiger partial charge in [0.15, 0.2) is 0 Å². The van der Waals surface area contributed by atoms with Crippen LogP contribution in [0.25, 0.3) is 22.8 Å². The van der Waals surface area contributed by atoms with Crippen LogP contribution in [0.1, 0.15) is 0 Å². The summed E-state index contributed by atoms with van der Waals surface area (Å²) < 4.78 is 6.16. The van der Waals surface area contributed by atoms with Crippen molar-refractivity contribution in [2.24, 2.45) is 0 Å². The molecule has 2 aromatic carbocycles. The van der Waals surface area contributed by atoms with Gasteiger partial charge in [0.1, 0.15) is 5.75 Å². The quantitative estimate of drug-likeness (QED) is 0.737. The predicted octanol–water partition coefficient (Wildman–Crippen LogP) is 4.53. The molecule has 0 saturated heterocycles. The van der Waals surface area contributed by atoms with Crippen molar-refractivity contribution in [1.82, 2.24) is 10.1 Å². The summed E-state index contributed by atoms with van der Waals surface area (Å²) in [6, 6.07) is 12.3. The molecular weight excluding hydrogens is 344 g/mol. The van der Waals surface area contributed by atoms with Crippen molar-refractivity contribution < 1.29 is 9.63 Å². The van der Waals surface area contributed by atoms with Gasteiger partial charge >= 0.3 is 0 Å². The van der Waals surface area contributed by atoms with Crippen molar-refractivity contribution in [1.29, 1.82) is 0 Å². The van der Waals surface area contributed by atoms with Gasteiger partial charge in [-0.15, -0.1) is 0 Å². The first-order chi connectivity index (χ1) is 9.63. The maximum absolute atomic E-state index is 9.40. The Morgan fingerprint density at radius 1 is 1.10 bits per heavy atom. The molecule has 0 fully saturated rings. The Hall–Kier alpha value is -1.85. The maximum atomic E-state index is 9.40. The second kappa shape index (κ2) is 5.26. The second-order valence-electron chi connectivity index (χ2n) is 4.10. The van der Waals surface area contributed by atoms with Gasteiger partial charge in [0, 0.05) is 15.6 Å². The Morgan fingerprint density at radius 3 is 2.70 bits per heavy atom. The lowest BCUT2D eigenvalue weighted by atomic mass is 10.2. The molecule has 0 spiro atoms. The van der Waals surface area contributed by atoms with E-state index in [-0.39, 0.29) is 10.8 Å². The zero-order chi connectivity index (χ0) is 14.1. The van der Waals surface area contributed by atoms with Crippen LogP contribution in [0.2, 0.25) is 5.02 Å². The van der Waals surface area contributed by atoms with Crippen LogP contribution in [0.3, 0.4) is 0 Å². The lowest BCUT2D eigenvalue weighted by Crippen LogP contribution is -1.81. The maximum Gasteiger partial charge on any atom is 0.258 e. The molecule has 0 radical (unpaired) electrons. The molecule has 0 bridgehead atoms. The first-order valence-corrected chi connectivity index (χ1v) is 6.89. The standard InChI is InChI=1S/C14H8BrClN2O2/c15-10-3-1-2-8(6-10)13-17-14(20-18-13)9-4-5-12(19)11(16)7-9/h1-7,19H. The summed E-state index contributed by atoms with van der Waals surface area (Å²) in [6.45, 7) is 0. The summed E-state index contributed by atoms with van der Waals surface area (Å²) >= 11 is 9.26. The SMILES string of the molecule is Oc1ccc(-c2nc(-c3cccc(Br)c3)no2)cc1Cl. The first kappa shape index (κ1) is 13.1. The fourth-order valence-corrected chi connectivity index (χ4v) is 2.31.